The smallest absolute Gasteiger partial charge is 0.759 e. The van der Waals surface area contributed by atoms with Gasteiger partial charge in [-0.2, -0.15) is 0 Å². The summed E-state index contributed by atoms with van der Waals surface area (Å²) in [4.78, 5) is 0. The Kier molecular flexibility index (Phi) is 30.9. The Morgan fingerprint density at radius 2 is 1.00 bits per heavy atom. The summed E-state index contributed by atoms with van der Waals surface area (Å²) in [6.45, 7) is 0. The fourth-order valence-electron chi connectivity index (χ4n) is 0. The molecule has 0 fully saturated rings. The Morgan fingerprint density at radius 3 is 1.00 bits per heavy atom. The van der Waals surface area contributed by atoms with Crippen molar-refractivity contribution in [2.45, 2.75) is 0 Å². The van der Waals surface area contributed by atoms with Crippen molar-refractivity contribution in [1.29, 1.82) is 0 Å². The summed E-state index contributed by atoms with van der Waals surface area (Å²) >= 11 is 0. The summed E-state index contributed by atoms with van der Waals surface area (Å²) in [5.74, 6) is 0. The molecular formula is K2MgO4S+2. The summed E-state index contributed by atoms with van der Waals surface area (Å²) in [6.07, 6.45) is 0. The van der Waals surface area contributed by atoms with E-state index in [1.54, 1.807) is 0 Å². The average molecular weight is 199 g/mol. The first-order chi connectivity index (χ1) is 2.00. The zero-order valence-electron chi connectivity index (χ0n) is 4.75. The SMILES string of the molecule is O=S(=O)([O-])[O-].[K+].[K+].[Mg+2]. The van der Waals surface area contributed by atoms with Crippen LogP contribution in [0.2, 0.25) is 0 Å². The van der Waals surface area contributed by atoms with Crippen LogP contribution in [-0.2, 0) is 10.4 Å². The van der Waals surface area contributed by atoms with Gasteiger partial charge in [-0.1, -0.05) is 0 Å². The zero-order valence-corrected chi connectivity index (χ0v) is 13.2. The van der Waals surface area contributed by atoms with E-state index in [0.717, 1.165) is 0 Å². The average Bonchev–Trinajstić information content (AvgIpc) is 0.722. The van der Waals surface area contributed by atoms with Gasteiger partial charge in [-0.05, 0) is 0 Å². The number of hydrogen-bond donors (Lipinski definition) is 0. The maximum absolute atomic E-state index is 8.52. The molecule has 0 amide bonds. The van der Waals surface area contributed by atoms with E-state index < -0.39 is 10.4 Å². The van der Waals surface area contributed by atoms with Crippen LogP contribution in [0.25, 0.3) is 0 Å². The summed E-state index contributed by atoms with van der Waals surface area (Å²) < 4.78 is 34.1. The molecule has 0 aromatic heterocycles. The van der Waals surface area contributed by atoms with Crippen molar-refractivity contribution in [2.24, 2.45) is 0 Å². The van der Waals surface area contributed by atoms with Gasteiger partial charge >= 0.3 is 126 Å². The molecule has 8 heavy (non-hydrogen) atoms. The Labute approximate surface area is 149 Å². The Balaban J connectivity index is -0.0000000267. The van der Waals surface area contributed by atoms with E-state index in [1.165, 1.54) is 0 Å². The summed E-state index contributed by atoms with van der Waals surface area (Å²) in [5, 5.41) is 0. The molecule has 0 aliphatic rings. The van der Waals surface area contributed by atoms with Crippen LogP contribution in [0.1, 0.15) is 0 Å². The molecule has 0 spiro atoms. The normalized spacial score (nSPS) is 7.25. The molecule has 0 rings (SSSR count). The summed E-state index contributed by atoms with van der Waals surface area (Å²) in [5.41, 5.74) is 0. The van der Waals surface area contributed by atoms with Crippen molar-refractivity contribution in [2.75, 3.05) is 0 Å². The van der Waals surface area contributed by atoms with Gasteiger partial charge in [0.2, 0.25) is 0 Å². The first-order valence-electron chi connectivity index (χ1n) is 0.667. The summed E-state index contributed by atoms with van der Waals surface area (Å²) in [6, 6.07) is 0. The van der Waals surface area contributed by atoms with Crippen molar-refractivity contribution >= 4 is 33.5 Å². The Morgan fingerprint density at radius 1 is 1.00 bits per heavy atom. The Bertz CT molecular complexity index is 97.2. The van der Waals surface area contributed by atoms with E-state index in [1.807, 2.05) is 0 Å². The van der Waals surface area contributed by atoms with Gasteiger partial charge in [-0.15, -0.1) is 0 Å². The molecule has 0 unspecified atom stereocenters. The van der Waals surface area contributed by atoms with Crippen LogP contribution >= 0.6 is 0 Å². The third-order valence-electron chi connectivity index (χ3n) is 0. The molecule has 0 saturated heterocycles. The molecule has 0 aromatic rings. The van der Waals surface area contributed by atoms with Gasteiger partial charge in [0.25, 0.3) is 0 Å². The van der Waals surface area contributed by atoms with Crippen LogP contribution in [0.15, 0.2) is 0 Å². The minimum Gasteiger partial charge on any atom is -0.759 e. The topological polar surface area (TPSA) is 80.3 Å². The van der Waals surface area contributed by atoms with Gasteiger partial charge in [0.1, 0.15) is 0 Å². The fraction of sp³-hybridized carbons (Fsp3) is 0. The molecule has 8 heteroatoms. The van der Waals surface area contributed by atoms with Gasteiger partial charge in [0.05, 0.1) is 0 Å². The van der Waals surface area contributed by atoms with Crippen LogP contribution in [0, 0.1) is 0 Å². The van der Waals surface area contributed by atoms with Crippen LogP contribution in [0.3, 0.4) is 0 Å². The number of hydrogen-bond acceptors (Lipinski definition) is 4. The molecule has 32 valence electrons. The van der Waals surface area contributed by atoms with Crippen molar-refractivity contribution in [3.63, 3.8) is 0 Å². The van der Waals surface area contributed by atoms with Crippen LogP contribution < -0.4 is 103 Å². The number of rotatable bonds is 0. The van der Waals surface area contributed by atoms with Crippen LogP contribution in [0.5, 0.6) is 0 Å². The van der Waals surface area contributed by atoms with Gasteiger partial charge in [-0.3, -0.25) is 8.42 Å². The van der Waals surface area contributed by atoms with Gasteiger partial charge in [0.15, 0.2) is 0 Å². The maximum atomic E-state index is 8.52. The molecule has 0 saturated carbocycles. The minimum absolute atomic E-state index is 0. The van der Waals surface area contributed by atoms with Crippen LogP contribution in [0.4, 0.5) is 0 Å². The standard InChI is InChI=1S/2K.Mg.H2O4S/c;;;1-5(2,3)4/h;;;(H2,1,2,3,4)/q2*+1;+2;/p-2. The second kappa shape index (κ2) is 10.9. The first-order valence-corrected chi connectivity index (χ1v) is 2.00. The van der Waals surface area contributed by atoms with Crippen molar-refractivity contribution in [3.05, 3.63) is 0 Å². The van der Waals surface area contributed by atoms with Gasteiger partial charge in [-0.25, -0.2) is 0 Å². The van der Waals surface area contributed by atoms with E-state index in [-0.39, 0.29) is 126 Å². The molecular weight excluding hydrogens is 199 g/mol. The molecule has 0 heterocycles. The monoisotopic (exact) mass is 198 g/mol. The fourth-order valence-corrected chi connectivity index (χ4v) is 0. The van der Waals surface area contributed by atoms with E-state index in [9.17, 15) is 0 Å². The predicted octanol–water partition coefficient (Wildman–Crippen LogP) is -7.71. The van der Waals surface area contributed by atoms with Gasteiger partial charge in [0, 0.05) is 10.4 Å². The van der Waals surface area contributed by atoms with E-state index in [4.69, 9.17) is 17.5 Å². The van der Waals surface area contributed by atoms with Crippen LogP contribution in [-0.4, -0.2) is 40.6 Å². The molecule has 0 aliphatic heterocycles. The second-order valence-electron chi connectivity index (χ2n) is 0.408. The molecule has 0 aromatic carbocycles. The maximum Gasteiger partial charge on any atom is 2.00 e. The quantitative estimate of drug-likeness (QED) is 0.220. The summed E-state index contributed by atoms with van der Waals surface area (Å²) in [7, 11) is -5.17. The molecule has 4 nitrogen and oxygen atoms in total. The minimum atomic E-state index is -5.17. The second-order valence-corrected chi connectivity index (χ2v) is 1.22. The molecule has 0 bridgehead atoms. The zero-order chi connectivity index (χ0) is 4.50. The van der Waals surface area contributed by atoms with E-state index in [0.29, 0.717) is 0 Å². The van der Waals surface area contributed by atoms with E-state index >= 15 is 0 Å². The van der Waals surface area contributed by atoms with Gasteiger partial charge < -0.3 is 9.11 Å². The van der Waals surface area contributed by atoms with Crippen molar-refractivity contribution in [1.82, 2.24) is 0 Å². The third-order valence-corrected chi connectivity index (χ3v) is 0. The predicted molar refractivity (Wildman–Crippen MR) is 16.2 cm³/mol. The molecule has 0 aliphatic carbocycles. The first kappa shape index (κ1) is 22.7. The molecule has 0 atom stereocenters. The molecule has 0 N–H and O–H groups in total. The Hall–Kier alpha value is 3.91. The third kappa shape index (κ3) is 51.5. The van der Waals surface area contributed by atoms with Crippen molar-refractivity contribution in [3.8, 4) is 0 Å². The largest absolute Gasteiger partial charge is 2.00 e. The van der Waals surface area contributed by atoms with E-state index in [2.05, 4.69) is 0 Å². The molecule has 0 radical (unpaired) electrons. The van der Waals surface area contributed by atoms with Crippen molar-refractivity contribution < 1.29 is 120 Å².